The van der Waals surface area contributed by atoms with Crippen molar-refractivity contribution < 1.29 is 4.39 Å². The number of hydrogen-bond acceptors (Lipinski definition) is 4. The zero-order chi connectivity index (χ0) is 17.8. The zero-order valence-corrected chi connectivity index (χ0v) is 15.9. The molecule has 0 saturated carbocycles. The summed E-state index contributed by atoms with van der Waals surface area (Å²) in [5, 5.41) is 10.1. The molecule has 1 atom stereocenters. The second-order valence-electron chi connectivity index (χ2n) is 6.27. The van der Waals surface area contributed by atoms with Crippen LogP contribution < -0.4 is 0 Å². The minimum absolute atomic E-state index is 0.239. The maximum atomic E-state index is 14.1. The maximum absolute atomic E-state index is 14.1. The first-order valence-corrected chi connectivity index (χ1v) is 9.74. The Morgan fingerprint density at radius 2 is 2.28 bits per heavy atom. The van der Waals surface area contributed by atoms with Gasteiger partial charge in [0.2, 0.25) is 0 Å². The number of thioether (sulfide) groups is 1. The van der Waals surface area contributed by atoms with Crippen LogP contribution in [0.2, 0.25) is 5.02 Å². The molecule has 25 heavy (non-hydrogen) atoms. The lowest BCUT2D eigenvalue weighted by Gasteiger charge is -2.32. The molecule has 1 fully saturated rings. The van der Waals surface area contributed by atoms with Crippen LogP contribution in [0.3, 0.4) is 0 Å². The fraction of sp³-hybridized carbons (Fsp3) is 0.444. The van der Waals surface area contributed by atoms with Gasteiger partial charge < -0.3 is 4.57 Å². The van der Waals surface area contributed by atoms with Crippen molar-refractivity contribution in [1.29, 1.82) is 0 Å². The van der Waals surface area contributed by atoms with E-state index in [9.17, 15) is 4.39 Å². The van der Waals surface area contributed by atoms with E-state index in [4.69, 9.17) is 11.6 Å². The lowest BCUT2D eigenvalue weighted by Crippen LogP contribution is -2.35. The molecule has 134 valence electrons. The van der Waals surface area contributed by atoms with E-state index >= 15 is 0 Å². The molecule has 4 nitrogen and oxygen atoms in total. The molecular weight excluding hydrogens is 359 g/mol. The summed E-state index contributed by atoms with van der Waals surface area (Å²) in [6.45, 7) is 6.04. The number of benzene rings is 1. The quantitative estimate of drug-likeness (QED) is 0.553. The largest absolute Gasteiger partial charge is 0.309 e. The van der Waals surface area contributed by atoms with Gasteiger partial charge in [0.05, 0.1) is 0 Å². The molecule has 0 N–H and O–H groups in total. The fourth-order valence-electron chi connectivity index (χ4n) is 3.26. The standard InChI is InChI=1S/C18H22ClFN4S/c1-3-10-25-18-22-21-17(23(18)2)13-6-5-9-24(11-13)12-14-15(19)7-4-8-16(14)20/h3-4,7-8,13H,1,5-6,9-12H2,2H3. The zero-order valence-electron chi connectivity index (χ0n) is 14.3. The Bertz CT molecular complexity index is 728. The highest BCUT2D eigenvalue weighted by atomic mass is 35.5. The monoisotopic (exact) mass is 380 g/mol. The SMILES string of the molecule is C=CCSc1nnc(C2CCCN(Cc3c(F)cccc3Cl)C2)n1C. The van der Waals surface area contributed by atoms with Gasteiger partial charge in [-0.1, -0.05) is 35.5 Å². The van der Waals surface area contributed by atoms with Crippen LogP contribution in [-0.4, -0.2) is 38.5 Å². The van der Waals surface area contributed by atoms with Gasteiger partial charge in [-0.3, -0.25) is 4.90 Å². The maximum Gasteiger partial charge on any atom is 0.191 e. The topological polar surface area (TPSA) is 34.0 Å². The number of hydrogen-bond donors (Lipinski definition) is 0. The summed E-state index contributed by atoms with van der Waals surface area (Å²) in [7, 11) is 2.01. The number of rotatable bonds is 6. The summed E-state index contributed by atoms with van der Waals surface area (Å²) in [5.41, 5.74) is 0.574. The summed E-state index contributed by atoms with van der Waals surface area (Å²) < 4.78 is 16.1. The van der Waals surface area contributed by atoms with Crippen LogP contribution >= 0.6 is 23.4 Å². The Labute approximate surface area is 157 Å². The van der Waals surface area contributed by atoms with Crippen LogP contribution in [0.1, 0.15) is 30.1 Å². The molecule has 0 amide bonds. The number of nitrogens with zero attached hydrogens (tertiary/aromatic N) is 4. The summed E-state index contributed by atoms with van der Waals surface area (Å²) in [4.78, 5) is 2.25. The second kappa shape index (κ2) is 8.34. The van der Waals surface area contributed by atoms with Gasteiger partial charge in [-0.25, -0.2) is 4.39 Å². The van der Waals surface area contributed by atoms with E-state index in [-0.39, 0.29) is 5.82 Å². The second-order valence-corrected chi connectivity index (χ2v) is 7.67. The number of likely N-dealkylation sites (tertiary alicyclic amines) is 1. The van der Waals surface area contributed by atoms with Crippen molar-refractivity contribution in [2.45, 2.75) is 30.5 Å². The van der Waals surface area contributed by atoms with E-state index in [0.29, 0.717) is 23.0 Å². The van der Waals surface area contributed by atoms with Crippen LogP contribution in [-0.2, 0) is 13.6 Å². The lowest BCUT2D eigenvalue weighted by molar-refractivity contribution is 0.193. The van der Waals surface area contributed by atoms with Crippen molar-refractivity contribution >= 4 is 23.4 Å². The van der Waals surface area contributed by atoms with Crippen molar-refractivity contribution in [3.8, 4) is 0 Å². The molecule has 0 aliphatic carbocycles. The van der Waals surface area contributed by atoms with Gasteiger partial charge in [-0.15, -0.1) is 16.8 Å². The summed E-state index contributed by atoms with van der Waals surface area (Å²) in [6, 6.07) is 4.85. The number of piperidine rings is 1. The average molecular weight is 381 g/mol. The molecule has 2 aromatic rings. The van der Waals surface area contributed by atoms with Gasteiger partial charge in [0.25, 0.3) is 0 Å². The van der Waals surface area contributed by atoms with E-state index in [2.05, 4.69) is 26.2 Å². The summed E-state index contributed by atoms with van der Waals surface area (Å²) >= 11 is 7.81. The van der Waals surface area contributed by atoms with Crippen LogP contribution in [0.4, 0.5) is 4.39 Å². The van der Waals surface area contributed by atoms with Gasteiger partial charge >= 0.3 is 0 Å². The number of aromatic nitrogens is 3. The van der Waals surface area contributed by atoms with Gasteiger partial charge in [0, 0.05) is 42.4 Å². The third kappa shape index (κ3) is 4.25. The minimum atomic E-state index is -0.239. The van der Waals surface area contributed by atoms with Crippen molar-refractivity contribution in [3.05, 3.63) is 53.1 Å². The molecule has 3 rings (SSSR count). The van der Waals surface area contributed by atoms with E-state index < -0.39 is 0 Å². The molecule has 1 aliphatic heterocycles. The predicted molar refractivity (Wildman–Crippen MR) is 101 cm³/mol. The van der Waals surface area contributed by atoms with E-state index in [1.54, 1.807) is 23.9 Å². The molecule has 7 heteroatoms. The van der Waals surface area contributed by atoms with E-state index in [1.807, 2.05) is 13.1 Å². The van der Waals surface area contributed by atoms with E-state index in [1.165, 1.54) is 6.07 Å². The highest BCUT2D eigenvalue weighted by Crippen LogP contribution is 2.30. The van der Waals surface area contributed by atoms with Crippen molar-refractivity contribution in [2.75, 3.05) is 18.8 Å². The molecule has 0 radical (unpaired) electrons. The van der Waals surface area contributed by atoms with Crippen molar-refractivity contribution in [2.24, 2.45) is 7.05 Å². The molecule has 1 saturated heterocycles. The normalized spacial score (nSPS) is 18.4. The van der Waals surface area contributed by atoms with Gasteiger partial charge in [0.1, 0.15) is 11.6 Å². The summed E-state index contributed by atoms with van der Waals surface area (Å²) in [6.07, 6.45) is 3.98. The lowest BCUT2D eigenvalue weighted by atomic mass is 9.96. The van der Waals surface area contributed by atoms with Crippen LogP contribution in [0, 0.1) is 5.82 Å². The van der Waals surface area contributed by atoms with Gasteiger partial charge in [-0.05, 0) is 31.5 Å². The van der Waals surface area contributed by atoms with Crippen molar-refractivity contribution in [1.82, 2.24) is 19.7 Å². The Morgan fingerprint density at radius 1 is 1.44 bits per heavy atom. The highest BCUT2D eigenvalue weighted by molar-refractivity contribution is 7.99. The Balaban J connectivity index is 1.71. The fourth-order valence-corrected chi connectivity index (χ4v) is 4.13. The molecule has 0 bridgehead atoms. The van der Waals surface area contributed by atoms with Crippen LogP contribution in [0.5, 0.6) is 0 Å². The van der Waals surface area contributed by atoms with Crippen LogP contribution in [0.15, 0.2) is 36.0 Å². The summed E-state index contributed by atoms with van der Waals surface area (Å²) in [5.74, 6) is 1.87. The van der Waals surface area contributed by atoms with E-state index in [0.717, 1.165) is 42.7 Å². The Morgan fingerprint density at radius 3 is 3.04 bits per heavy atom. The molecule has 1 aromatic heterocycles. The Kier molecular flexibility index (Phi) is 6.15. The average Bonchev–Trinajstić information content (AvgIpc) is 2.97. The first kappa shape index (κ1) is 18.4. The third-order valence-corrected chi connectivity index (χ3v) is 5.88. The minimum Gasteiger partial charge on any atom is -0.309 e. The third-order valence-electron chi connectivity index (χ3n) is 4.51. The first-order chi connectivity index (χ1) is 12.1. The molecule has 1 aliphatic rings. The molecule has 2 heterocycles. The van der Waals surface area contributed by atoms with Crippen molar-refractivity contribution in [3.63, 3.8) is 0 Å². The molecule has 1 aromatic carbocycles. The molecule has 1 unspecified atom stereocenters. The molecule has 0 spiro atoms. The van der Waals surface area contributed by atoms with Gasteiger partial charge in [-0.2, -0.15) is 0 Å². The smallest absolute Gasteiger partial charge is 0.191 e. The van der Waals surface area contributed by atoms with Gasteiger partial charge in [0.15, 0.2) is 5.16 Å². The number of halogens is 2. The van der Waals surface area contributed by atoms with Crippen LogP contribution in [0.25, 0.3) is 0 Å². The Hall–Kier alpha value is -1.37. The first-order valence-electron chi connectivity index (χ1n) is 8.38. The molecular formula is C18H22ClFN4S. The highest BCUT2D eigenvalue weighted by Gasteiger charge is 2.26. The predicted octanol–water partition coefficient (Wildman–Crippen LogP) is 4.27.